The number of hydrogen-bond donors (Lipinski definition) is 1. The van der Waals surface area contributed by atoms with Gasteiger partial charge in [0.2, 0.25) is 0 Å². The molecule has 1 unspecified atom stereocenters. The fourth-order valence-electron chi connectivity index (χ4n) is 1.39. The van der Waals surface area contributed by atoms with Crippen LogP contribution in [0.4, 0.5) is 0 Å². The zero-order chi connectivity index (χ0) is 11.5. The van der Waals surface area contributed by atoms with Gasteiger partial charge < -0.3 is 5.11 Å². The predicted molar refractivity (Wildman–Crippen MR) is 67.2 cm³/mol. The van der Waals surface area contributed by atoms with E-state index in [9.17, 15) is 5.11 Å². The Labute approximate surface area is 107 Å². The van der Waals surface area contributed by atoms with E-state index < -0.39 is 6.10 Å². The van der Waals surface area contributed by atoms with Crippen LogP contribution in [-0.2, 0) is 6.42 Å². The summed E-state index contributed by atoms with van der Waals surface area (Å²) < 4.78 is 0. The zero-order valence-corrected chi connectivity index (χ0v) is 10.6. The van der Waals surface area contributed by atoms with Gasteiger partial charge in [0.05, 0.1) is 0 Å². The lowest BCUT2D eigenvalue weighted by atomic mass is 10.1. The summed E-state index contributed by atoms with van der Waals surface area (Å²) in [5.74, 6) is 0. The highest BCUT2D eigenvalue weighted by molar-refractivity contribution is 7.09. The lowest BCUT2D eigenvalue weighted by Crippen LogP contribution is -2.01. The van der Waals surface area contributed by atoms with E-state index in [-0.39, 0.29) is 0 Å². The summed E-state index contributed by atoms with van der Waals surface area (Å²) >= 11 is 13.3. The molecule has 84 valence electrons. The van der Waals surface area contributed by atoms with Crippen LogP contribution in [0.2, 0.25) is 10.0 Å². The Hall–Kier alpha value is -0.610. The molecule has 2 nitrogen and oxygen atoms in total. The molecule has 0 spiro atoms. The highest BCUT2D eigenvalue weighted by Gasteiger charge is 2.13. The van der Waals surface area contributed by atoms with Crippen LogP contribution in [0.15, 0.2) is 29.8 Å². The van der Waals surface area contributed by atoms with Gasteiger partial charge in [-0.2, -0.15) is 0 Å². The molecule has 2 rings (SSSR count). The molecule has 0 bridgehead atoms. The second kappa shape index (κ2) is 5.15. The van der Waals surface area contributed by atoms with Crippen molar-refractivity contribution < 1.29 is 5.11 Å². The molecular formula is C11H9Cl2NOS. The van der Waals surface area contributed by atoms with Crippen molar-refractivity contribution in [3.05, 3.63) is 50.4 Å². The van der Waals surface area contributed by atoms with Crippen LogP contribution in [0.3, 0.4) is 0 Å². The highest BCUT2D eigenvalue weighted by Crippen LogP contribution is 2.26. The van der Waals surface area contributed by atoms with Crippen molar-refractivity contribution in [1.29, 1.82) is 0 Å². The molecule has 0 aliphatic heterocycles. The van der Waals surface area contributed by atoms with Crippen LogP contribution in [0.5, 0.6) is 0 Å². The molecule has 0 saturated heterocycles. The summed E-state index contributed by atoms with van der Waals surface area (Å²) in [6, 6.07) is 5.22. The minimum Gasteiger partial charge on any atom is -0.386 e. The van der Waals surface area contributed by atoms with Gasteiger partial charge in [0, 0.05) is 28.0 Å². The Morgan fingerprint density at radius 1 is 1.38 bits per heavy atom. The first-order valence-corrected chi connectivity index (χ1v) is 6.32. The van der Waals surface area contributed by atoms with Gasteiger partial charge in [-0.25, -0.2) is 4.98 Å². The first kappa shape index (κ1) is 11.9. The summed E-state index contributed by atoms with van der Waals surface area (Å²) in [5.41, 5.74) is 0.830. The fraction of sp³-hybridized carbons (Fsp3) is 0.182. The molecular weight excluding hydrogens is 265 g/mol. The average Bonchev–Trinajstić information content (AvgIpc) is 2.76. The normalized spacial score (nSPS) is 12.7. The van der Waals surface area contributed by atoms with Crippen molar-refractivity contribution in [3.8, 4) is 0 Å². The Bertz CT molecular complexity index is 473. The standard InChI is InChI=1S/C11H9Cl2NOS/c12-8-1-2-9(13)7(5-8)6-10(15)11-14-3-4-16-11/h1-5,10,15H,6H2. The third kappa shape index (κ3) is 2.74. The average molecular weight is 274 g/mol. The quantitative estimate of drug-likeness (QED) is 0.925. The topological polar surface area (TPSA) is 33.1 Å². The smallest absolute Gasteiger partial charge is 0.121 e. The number of aliphatic hydroxyl groups excluding tert-OH is 1. The molecule has 0 fully saturated rings. The van der Waals surface area contributed by atoms with Gasteiger partial charge in [0.15, 0.2) is 0 Å². The molecule has 1 N–H and O–H groups in total. The van der Waals surface area contributed by atoms with Gasteiger partial charge in [-0.1, -0.05) is 23.2 Å². The van der Waals surface area contributed by atoms with E-state index >= 15 is 0 Å². The van der Waals surface area contributed by atoms with Gasteiger partial charge in [-0.15, -0.1) is 11.3 Å². The van der Waals surface area contributed by atoms with Crippen LogP contribution < -0.4 is 0 Å². The number of thiazole rings is 1. The number of benzene rings is 1. The van der Waals surface area contributed by atoms with Crippen molar-refractivity contribution in [2.45, 2.75) is 12.5 Å². The molecule has 0 radical (unpaired) electrons. The highest BCUT2D eigenvalue weighted by atomic mass is 35.5. The third-order valence-electron chi connectivity index (χ3n) is 2.16. The molecule has 0 aliphatic carbocycles. The van der Waals surface area contributed by atoms with E-state index in [0.29, 0.717) is 21.5 Å². The number of aliphatic hydroxyl groups is 1. The largest absolute Gasteiger partial charge is 0.386 e. The molecule has 1 heterocycles. The maximum absolute atomic E-state index is 9.92. The van der Waals surface area contributed by atoms with Crippen LogP contribution in [0, 0.1) is 0 Å². The third-order valence-corrected chi connectivity index (χ3v) is 3.64. The summed E-state index contributed by atoms with van der Waals surface area (Å²) in [4.78, 5) is 4.06. The first-order chi connectivity index (χ1) is 7.66. The second-order valence-corrected chi connectivity index (χ2v) is 5.10. The van der Waals surface area contributed by atoms with E-state index in [1.165, 1.54) is 11.3 Å². The Morgan fingerprint density at radius 2 is 2.19 bits per heavy atom. The number of aromatic nitrogens is 1. The van der Waals surface area contributed by atoms with Crippen LogP contribution in [0.25, 0.3) is 0 Å². The lowest BCUT2D eigenvalue weighted by Gasteiger charge is -2.09. The molecule has 1 aromatic carbocycles. The minimum absolute atomic E-state index is 0.424. The Morgan fingerprint density at radius 3 is 2.88 bits per heavy atom. The monoisotopic (exact) mass is 273 g/mol. The van der Waals surface area contributed by atoms with Crippen molar-refractivity contribution in [1.82, 2.24) is 4.98 Å². The molecule has 5 heteroatoms. The van der Waals surface area contributed by atoms with Gasteiger partial charge in [-0.05, 0) is 23.8 Å². The number of rotatable bonds is 3. The van der Waals surface area contributed by atoms with Crippen molar-refractivity contribution in [2.75, 3.05) is 0 Å². The molecule has 1 atom stereocenters. The van der Waals surface area contributed by atoms with Crippen molar-refractivity contribution in [3.63, 3.8) is 0 Å². The van der Waals surface area contributed by atoms with Crippen LogP contribution in [0.1, 0.15) is 16.7 Å². The minimum atomic E-state index is -0.629. The first-order valence-electron chi connectivity index (χ1n) is 4.68. The Kier molecular flexibility index (Phi) is 3.82. The van der Waals surface area contributed by atoms with Crippen LogP contribution in [-0.4, -0.2) is 10.1 Å². The van der Waals surface area contributed by atoms with Gasteiger partial charge in [-0.3, -0.25) is 0 Å². The summed E-state index contributed by atoms with van der Waals surface area (Å²) in [7, 11) is 0. The molecule has 0 saturated carbocycles. The van der Waals surface area contributed by atoms with Gasteiger partial charge in [0.25, 0.3) is 0 Å². The molecule has 2 aromatic rings. The maximum Gasteiger partial charge on any atom is 0.121 e. The molecule has 0 amide bonds. The molecule has 1 aromatic heterocycles. The summed E-state index contributed by atoms with van der Waals surface area (Å²) in [5, 5.41) is 13.7. The van der Waals surface area contributed by atoms with E-state index in [4.69, 9.17) is 23.2 Å². The Balaban J connectivity index is 2.17. The molecule has 0 aliphatic rings. The zero-order valence-electron chi connectivity index (χ0n) is 8.23. The predicted octanol–water partition coefficient (Wildman–Crippen LogP) is 3.73. The molecule has 16 heavy (non-hydrogen) atoms. The SMILES string of the molecule is OC(Cc1cc(Cl)ccc1Cl)c1nccs1. The van der Waals surface area contributed by atoms with Crippen LogP contribution >= 0.6 is 34.5 Å². The number of halogens is 2. The lowest BCUT2D eigenvalue weighted by molar-refractivity contribution is 0.178. The number of nitrogens with zero attached hydrogens (tertiary/aromatic N) is 1. The van der Waals surface area contributed by atoms with Crippen molar-refractivity contribution >= 4 is 34.5 Å². The van der Waals surface area contributed by atoms with E-state index in [0.717, 1.165) is 5.56 Å². The second-order valence-electron chi connectivity index (χ2n) is 3.33. The van der Waals surface area contributed by atoms with Gasteiger partial charge >= 0.3 is 0 Å². The summed E-state index contributed by atoms with van der Waals surface area (Å²) in [6.45, 7) is 0. The van der Waals surface area contributed by atoms with E-state index in [2.05, 4.69) is 4.98 Å². The summed E-state index contributed by atoms with van der Waals surface area (Å²) in [6.07, 6.45) is 1.46. The van der Waals surface area contributed by atoms with Crippen molar-refractivity contribution in [2.24, 2.45) is 0 Å². The van der Waals surface area contributed by atoms with E-state index in [1.807, 2.05) is 5.38 Å². The van der Waals surface area contributed by atoms with E-state index in [1.54, 1.807) is 24.4 Å². The van der Waals surface area contributed by atoms with Gasteiger partial charge in [0.1, 0.15) is 11.1 Å². The maximum atomic E-state index is 9.92. The number of hydrogen-bond acceptors (Lipinski definition) is 3. The fourth-order valence-corrected chi connectivity index (χ4v) is 2.41.